The van der Waals surface area contributed by atoms with Gasteiger partial charge in [0.05, 0.1) is 20.3 Å². The molecule has 0 amide bonds. The van der Waals surface area contributed by atoms with Crippen LogP contribution >= 0.6 is 0 Å². The summed E-state index contributed by atoms with van der Waals surface area (Å²) >= 11 is 0. The Morgan fingerprint density at radius 2 is 1.55 bits per heavy atom. The number of ketones is 2. The summed E-state index contributed by atoms with van der Waals surface area (Å²) in [5.74, 6) is -0.666. The van der Waals surface area contributed by atoms with E-state index in [1.54, 1.807) is 6.92 Å². The van der Waals surface area contributed by atoms with E-state index in [0.717, 1.165) is 29.6 Å². The zero-order valence-electron chi connectivity index (χ0n) is 18.7. The molecule has 0 heterocycles. The van der Waals surface area contributed by atoms with E-state index in [1.807, 2.05) is 39.8 Å². The summed E-state index contributed by atoms with van der Waals surface area (Å²) in [5, 5.41) is 9.96. The number of aliphatic hydroxyl groups excluding tert-OH is 1. The predicted molar refractivity (Wildman–Crippen MR) is 115 cm³/mol. The minimum absolute atomic E-state index is 0.0300. The first kappa shape index (κ1) is 24.6. The van der Waals surface area contributed by atoms with Crippen molar-refractivity contribution < 1.29 is 24.2 Å². The van der Waals surface area contributed by atoms with E-state index in [4.69, 9.17) is 9.47 Å². The summed E-state index contributed by atoms with van der Waals surface area (Å²) < 4.78 is 10.2. The SMILES string of the molecule is COC1=C(OC)C(=O)C(CC=C(C)CCC=C(C)CC(O)C=C(C)C)=C(C)C1=O. The fourth-order valence-electron chi connectivity index (χ4n) is 3.22. The van der Waals surface area contributed by atoms with Gasteiger partial charge in [-0.1, -0.05) is 34.9 Å². The van der Waals surface area contributed by atoms with Gasteiger partial charge in [0.1, 0.15) is 0 Å². The Hall–Kier alpha value is -2.40. The molecule has 0 saturated heterocycles. The van der Waals surface area contributed by atoms with Crippen molar-refractivity contribution in [3.8, 4) is 0 Å². The molecule has 0 bridgehead atoms. The smallest absolute Gasteiger partial charge is 0.228 e. The molecule has 0 aromatic carbocycles. The number of Topliss-reactive ketones (excluding diaryl/α,β-unsaturated/α-hetero) is 2. The molecule has 1 aliphatic rings. The van der Waals surface area contributed by atoms with Crippen molar-refractivity contribution in [2.24, 2.45) is 0 Å². The Labute approximate surface area is 174 Å². The lowest BCUT2D eigenvalue weighted by atomic mass is 9.90. The highest BCUT2D eigenvalue weighted by Crippen LogP contribution is 2.28. The van der Waals surface area contributed by atoms with E-state index < -0.39 is 6.10 Å². The van der Waals surface area contributed by atoms with Crippen LogP contribution in [0.4, 0.5) is 0 Å². The van der Waals surface area contributed by atoms with Crippen LogP contribution in [-0.4, -0.2) is 37.0 Å². The summed E-state index contributed by atoms with van der Waals surface area (Å²) in [7, 11) is 2.72. The van der Waals surface area contributed by atoms with Gasteiger partial charge in [0, 0.05) is 11.1 Å². The molecule has 1 unspecified atom stereocenters. The van der Waals surface area contributed by atoms with Crippen LogP contribution in [0.25, 0.3) is 0 Å². The summed E-state index contributed by atoms with van der Waals surface area (Å²) in [4.78, 5) is 25.0. The van der Waals surface area contributed by atoms with Gasteiger partial charge in [0.15, 0.2) is 0 Å². The first-order chi connectivity index (χ1) is 13.6. The fraction of sp³-hybridized carbons (Fsp3) is 0.500. The molecule has 0 fully saturated rings. The van der Waals surface area contributed by atoms with E-state index in [1.165, 1.54) is 14.2 Å². The number of hydrogen-bond donors (Lipinski definition) is 1. The molecule has 1 atom stereocenters. The van der Waals surface area contributed by atoms with Crippen LogP contribution in [0, 0.1) is 0 Å². The lowest BCUT2D eigenvalue weighted by Gasteiger charge is -2.19. The average Bonchev–Trinajstić information content (AvgIpc) is 2.63. The minimum atomic E-state index is -0.447. The van der Waals surface area contributed by atoms with Crippen LogP contribution in [0.3, 0.4) is 0 Å². The van der Waals surface area contributed by atoms with Crippen molar-refractivity contribution in [2.45, 2.75) is 66.4 Å². The van der Waals surface area contributed by atoms with Gasteiger partial charge in [-0.3, -0.25) is 9.59 Å². The molecule has 0 spiro atoms. The van der Waals surface area contributed by atoms with Crippen molar-refractivity contribution in [1.82, 2.24) is 0 Å². The van der Waals surface area contributed by atoms with E-state index >= 15 is 0 Å². The molecule has 160 valence electrons. The average molecular weight is 403 g/mol. The molecule has 5 heteroatoms. The molecule has 5 nitrogen and oxygen atoms in total. The zero-order valence-corrected chi connectivity index (χ0v) is 18.7. The van der Waals surface area contributed by atoms with Crippen LogP contribution < -0.4 is 0 Å². The Balaban J connectivity index is 2.73. The second-order valence-corrected chi connectivity index (χ2v) is 7.69. The number of rotatable bonds is 10. The number of hydrogen-bond acceptors (Lipinski definition) is 5. The highest BCUT2D eigenvalue weighted by Gasteiger charge is 2.33. The topological polar surface area (TPSA) is 72.8 Å². The van der Waals surface area contributed by atoms with Gasteiger partial charge in [-0.25, -0.2) is 0 Å². The first-order valence-corrected chi connectivity index (χ1v) is 9.88. The van der Waals surface area contributed by atoms with Gasteiger partial charge in [-0.2, -0.15) is 0 Å². The molecule has 0 aromatic rings. The van der Waals surface area contributed by atoms with Crippen molar-refractivity contribution in [3.63, 3.8) is 0 Å². The molecule has 1 rings (SSSR count). The van der Waals surface area contributed by atoms with Gasteiger partial charge in [0.25, 0.3) is 0 Å². The maximum Gasteiger partial charge on any atom is 0.228 e. The van der Waals surface area contributed by atoms with Crippen molar-refractivity contribution in [3.05, 3.63) is 57.6 Å². The highest BCUT2D eigenvalue weighted by molar-refractivity contribution is 6.23. The van der Waals surface area contributed by atoms with Crippen molar-refractivity contribution in [1.29, 1.82) is 0 Å². The number of aliphatic hydroxyl groups is 1. The van der Waals surface area contributed by atoms with Gasteiger partial charge in [-0.05, 0) is 60.3 Å². The Morgan fingerprint density at radius 3 is 2.10 bits per heavy atom. The highest BCUT2D eigenvalue weighted by atomic mass is 16.5. The monoisotopic (exact) mass is 402 g/mol. The molecule has 29 heavy (non-hydrogen) atoms. The first-order valence-electron chi connectivity index (χ1n) is 9.88. The van der Waals surface area contributed by atoms with E-state index in [0.29, 0.717) is 24.0 Å². The standard InChI is InChI=1S/C24H34O5/c1-15(2)13-19(25)14-17(4)10-8-9-16(3)11-12-20-18(5)21(26)23(28-6)24(29-7)22(20)27/h10-11,13,19,25H,8-9,12,14H2,1-7H3. The maximum atomic E-state index is 12.6. The lowest BCUT2D eigenvalue weighted by Crippen LogP contribution is -2.24. The number of carbonyl (C=O) groups is 2. The quantitative estimate of drug-likeness (QED) is 0.422. The molecule has 0 radical (unpaired) electrons. The summed E-state index contributed by atoms with van der Waals surface area (Å²) in [6, 6.07) is 0. The van der Waals surface area contributed by atoms with Gasteiger partial charge in [-0.15, -0.1) is 0 Å². The minimum Gasteiger partial charge on any atom is -0.489 e. The van der Waals surface area contributed by atoms with Crippen LogP contribution in [0.2, 0.25) is 0 Å². The predicted octanol–water partition coefficient (Wildman–Crippen LogP) is 4.74. The Bertz CT molecular complexity index is 786. The number of ether oxygens (including phenoxy) is 2. The largest absolute Gasteiger partial charge is 0.489 e. The number of carbonyl (C=O) groups excluding carboxylic acids is 2. The number of methoxy groups -OCH3 is 2. The van der Waals surface area contributed by atoms with Crippen LogP contribution in [0.5, 0.6) is 0 Å². The number of allylic oxidation sites excluding steroid dienone is 6. The van der Waals surface area contributed by atoms with Crippen molar-refractivity contribution >= 4 is 11.6 Å². The summed E-state index contributed by atoms with van der Waals surface area (Å²) in [6.45, 7) is 9.63. The Morgan fingerprint density at radius 1 is 0.966 bits per heavy atom. The van der Waals surface area contributed by atoms with Gasteiger partial charge >= 0.3 is 0 Å². The van der Waals surface area contributed by atoms with Gasteiger partial charge in [0.2, 0.25) is 23.1 Å². The van der Waals surface area contributed by atoms with Crippen LogP contribution in [0.15, 0.2) is 57.6 Å². The fourth-order valence-corrected chi connectivity index (χ4v) is 3.22. The Kier molecular flexibility index (Phi) is 9.83. The summed E-state index contributed by atoms with van der Waals surface area (Å²) in [6.07, 6.45) is 8.25. The molecule has 0 aromatic heterocycles. The lowest BCUT2D eigenvalue weighted by molar-refractivity contribution is -0.121. The van der Waals surface area contributed by atoms with E-state index in [2.05, 4.69) is 6.08 Å². The molecular formula is C24H34O5. The summed E-state index contributed by atoms with van der Waals surface area (Å²) in [5.41, 5.74) is 4.24. The maximum absolute atomic E-state index is 12.6. The third kappa shape index (κ3) is 7.17. The third-order valence-electron chi connectivity index (χ3n) is 4.84. The second kappa shape index (κ2) is 11.6. The molecule has 1 N–H and O–H groups in total. The molecular weight excluding hydrogens is 368 g/mol. The van der Waals surface area contributed by atoms with E-state index in [-0.39, 0.29) is 23.1 Å². The van der Waals surface area contributed by atoms with Crippen LogP contribution in [-0.2, 0) is 19.1 Å². The van der Waals surface area contributed by atoms with Gasteiger partial charge < -0.3 is 14.6 Å². The zero-order chi connectivity index (χ0) is 22.1. The second-order valence-electron chi connectivity index (χ2n) is 7.69. The molecule has 1 aliphatic carbocycles. The normalized spacial score (nSPS) is 17.0. The van der Waals surface area contributed by atoms with E-state index in [9.17, 15) is 14.7 Å². The van der Waals surface area contributed by atoms with Crippen LogP contribution in [0.1, 0.15) is 60.3 Å². The van der Waals surface area contributed by atoms with Crippen molar-refractivity contribution in [2.75, 3.05) is 14.2 Å². The third-order valence-corrected chi connectivity index (χ3v) is 4.84. The molecule has 0 saturated carbocycles. The molecule has 0 aliphatic heterocycles.